The Morgan fingerprint density at radius 3 is 2.52 bits per heavy atom. The Balaban J connectivity index is 1.75. The van der Waals surface area contributed by atoms with Gasteiger partial charge in [0.2, 0.25) is 5.91 Å². The number of nitrogens with zero attached hydrogens (tertiary/aromatic N) is 2. The van der Waals surface area contributed by atoms with Crippen molar-refractivity contribution >= 4 is 28.3 Å². The van der Waals surface area contributed by atoms with Crippen LogP contribution >= 0.6 is 11.3 Å². The number of amides is 1. The molecule has 27 heavy (non-hydrogen) atoms. The second kappa shape index (κ2) is 8.64. The quantitative estimate of drug-likeness (QED) is 0.631. The van der Waals surface area contributed by atoms with E-state index in [0.29, 0.717) is 11.6 Å². The zero-order valence-electron chi connectivity index (χ0n) is 15.2. The molecule has 0 spiro atoms. The molecule has 1 amide bonds. The number of rotatable bonds is 7. The van der Waals surface area contributed by atoms with Gasteiger partial charge in [0.1, 0.15) is 6.04 Å². The maximum absolute atomic E-state index is 12.5. The molecule has 1 aromatic carbocycles. The topological polar surface area (TPSA) is 73.2 Å². The largest absolute Gasteiger partial charge is 0.464 e. The maximum Gasteiger partial charge on any atom is 0.357 e. The Labute approximate surface area is 161 Å². The van der Waals surface area contributed by atoms with Crippen LogP contribution < -0.4 is 5.32 Å². The lowest BCUT2D eigenvalue weighted by Gasteiger charge is -2.12. The Kier molecular flexibility index (Phi) is 6.03. The normalized spacial score (nSPS) is 11.8. The molecule has 6 nitrogen and oxygen atoms in total. The molecule has 0 fully saturated rings. The van der Waals surface area contributed by atoms with Crippen LogP contribution in [0.3, 0.4) is 0 Å². The number of nitrogens with one attached hydrogen (secondary N) is 1. The summed E-state index contributed by atoms with van der Waals surface area (Å²) >= 11 is 1.31. The van der Waals surface area contributed by atoms with E-state index in [2.05, 4.69) is 10.3 Å². The van der Waals surface area contributed by atoms with Gasteiger partial charge >= 0.3 is 5.97 Å². The van der Waals surface area contributed by atoms with Gasteiger partial charge in [0.05, 0.1) is 7.11 Å². The summed E-state index contributed by atoms with van der Waals surface area (Å²) in [6, 6.07) is 13.4. The molecular formula is C20H21N3O3S. The highest BCUT2D eigenvalue weighted by atomic mass is 32.1. The number of benzene rings is 1. The molecule has 140 valence electrons. The predicted octanol–water partition coefficient (Wildman–Crippen LogP) is 3.72. The van der Waals surface area contributed by atoms with Crippen LogP contribution in [0.5, 0.6) is 0 Å². The van der Waals surface area contributed by atoms with Gasteiger partial charge in [-0.3, -0.25) is 4.79 Å². The summed E-state index contributed by atoms with van der Waals surface area (Å²) in [6.07, 6.45) is 5.09. The lowest BCUT2D eigenvalue weighted by molar-refractivity contribution is -0.118. The van der Waals surface area contributed by atoms with E-state index >= 15 is 0 Å². The van der Waals surface area contributed by atoms with Crippen molar-refractivity contribution in [3.8, 4) is 0 Å². The number of hydrogen-bond donors (Lipinski definition) is 1. The number of carbonyl (C=O) groups is 2. The Morgan fingerprint density at radius 2 is 1.85 bits per heavy atom. The van der Waals surface area contributed by atoms with Gasteiger partial charge in [-0.1, -0.05) is 30.3 Å². The number of aromatic nitrogens is 2. The van der Waals surface area contributed by atoms with Gasteiger partial charge in [0.15, 0.2) is 10.8 Å². The van der Waals surface area contributed by atoms with Gasteiger partial charge in [-0.25, -0.2) is 9.78 Å². The van der Waals surface area contributed by atoms with Crippen LogP contribution in [0.4, 0.5) is 5.13 Å². The fourth-order valence-electron chi connectivity index (χ4n) is 2.68. The molecule has 0 aliphatic carbocycles. The molecule has 3 rings (SSSR count). The van der Waals surface area contributed by atoms with Gasteiger partial charge in [-0.05, 0) is 37.5 Å². The first kappa shape index (κ1) is 18.8. The van der Waals surface area contributed by atoms with Crippen LogP contribution in [0.1, 0.15) is 33.9 Å². The van der Waals surface area contributed by atoms with E-state index in [1.54, 1.807) is 11.5 Å². The monoisotopic (exact) mass is 383 g/mol. The first-order valence-electron chi connectivity index (χ1n) is 8.63. The molecule has 0 aliphatic heterocycles. The highest BCUT2D eigenvalue weighted by molar-refractivity contribution is 7.16. The molecule has 7 heteroatoms. The van der Waals surface area contributed by atoms with Gasteiger partial charge in [-0.15, -0.1) is 11.3 Å². The molecule has 0 saturated carbocycles. The Bertz CT molecular complexity index is 904. The van der Waals surface area contributed by atoms with Crippen molar-refractivity contribution in [1.29, 1.82) is 0 Å². The summed E-state index contributed by atoms with van der Waals surface area (Å²) in [6.45, 7) is 1.81. The van der Waals surface area contributed by atoms with Crippen molar-refractivity contribution in [2.24, 2.45) is 0 Å². The van der Waals surface area contributed by atoms with Crippen LogP contribution in [-0.4, -0.2) is 28.5 Å². The third kappa shape index (κ3) is 4.62. The Hall–Kier alpha value is -2.93. The number of thiazole rings is 1. The van der Waals surface area contributed by atoms with E-state index in [1.807, 2.05) is 54.9 Å². The van der Waals surface area contributed by atoms with Gasteiger partial charge in [-0.2, -0.15) is 0 Å². The summed E-state index contributed by atoms with van der Waals surface area (Å²) in [4.78, 5) is 29.6. The van der Waals surface area contributed by atoms with Crippen LogP contribution in [0.25, 0.3) is 0 Å². The van der Waals surface area contributed by atoms with Gasteiger partial charge in [0, 0.05) is 17.3 Å². The number of carbonyl (C=O) groups excluding carboxylic acids is 2. The second-order valence-corrected chi connectivity index (χ2v) is 7.15. The van der Waals surface area contributed by atoms with E-state index < -0.39 is 5.97 Å². The van der Waals surface area contributed by atoms with Crippen LogP contribution in [0.15, 0.2) is 54.9 Å². The molecule has 3 aromatic rings. The van der Waals surface area contributed by atoms with Gasteiger partial charge in [0.25, 0.3) is 0 Å². The van der Waals surface area contributed by atoms with Crippen LogP contribution in [0.2, 0.25) is 0 Å². The zero-order valence-corrected chi connectivity index (χ0v) is 16.0. The van der Waals surface area contributed by atoms with Crippen molar-refractivity contribution in [1.82, 2.24) is 9.55 Å². The number of hydrogen-bond acceptors (Lipinski definition) is 5. The molecule has 1 N–H and O–H groups in total. The smallest absolute Gasteiger partial charge is 0.357 e. The first-order valence-corrected chi connectivity index (χ1v) is 9.45. The van der Waals surface area contributed by atoms with E-state index in [1.165, 1.54) is 24.0 Å². The second-order valence-electron chi connectivity index (χ2n) is 6.06. The number of anilines is 1. The highest BCUT2D eigenvalue weighted by Crippen LogP contribution is 2.26. The molecule has 0 radical (unpaired) electrons. The fraction of sp³-hybridized carbons (Fsp3) is 0.250. The lowest BCUT2D eigenvalue weighted by Crippen LogP contribution is -2.22. The average molecular weight is 383 g/mol. The molecule has 0 aliphatic rings. The summed E-state index contributed by atoms with van der Waals surface area (Å²) in [5, 5.41) is 3.21. The minimum absolute atomic E-state index is 0.189. The molecule has 1 atom stereocenters. The minimum atomic E-state index is -0.492. The summed E-state index contributed by atoms with van der Waals surface area (Å²) in [5.74, 6) is -0.681. The third-order valence-electron chi connectivity index (χ3n) is 4.24. The molecule has 2 heterocycles. The molecule has 1 unspecified atom stereocenters. The van der Waals surface area contributed by atoms with Crippen LogP contribution in [0, 0.1) is 0 Å². The molecule has 0 saturated heterocycles. The zero-order chi connectivity index (χ0) is 19.2. The molecule has 0 bridgehead atoms. The van der Waals surface area contributed by atoms with Crippen molar-refractivity contribution < 1.29 is 14.3 Å². The summed E-state index contributed by atoms with van der Waals surface area (Å²) in [7, 11) is 1.33. The van der Waals surface area contributed by atoms with E-state index in [9.17, 15) is 9.59 Å². The van der Waals surface area contributed by atoms with E-state index in [-0.39, 0.29) is 17.6 Å². The summed E-state index contributed by atoms with van der Waals surface area (Å²) < 4.78 is 6.65. The maximum atomic E-state index is 12.5. The van der Waals surface area contributed by atoms with Crippen molar-refractivity contribution in [2.75, 3.05) is 12.4 Å². The number of aryl methyl sites for hydroxylation is 2. The van der Waals surface area contributed by atoms with Crippen molar-refractivity contribution in [2.45, 2.75) is 25.8 Å². The molecular weight excluding hydrogens is 362 g/mol. The molecule has 2 aromatic heterocycles. The van der Waals surface area contributed by atoms with Gasteiger partial charge < -0.3 is 14.6 Å². The van der Waals surface area contributed by atoms with E-state index in [4.69, 9.17) is 4.74 Å². The van der Waals surface area contributed by atoms with E-state index in [0.717, 1.165) is 11.3 Å². The highest BCUT2D eigenvalue weighted by Gasteiger charge is 2.21. The number of methoxy groups -OCH3 is 1. The average Bonchev–Trinajstić information content (AvgIpc) is 3.36. The number of esters is 1. The fourth-order valence-corrected chi connectivity index (χ4v) is 3.64. The van der Waals surface area contributed by atoms with Crippen molar-refractivity contribution in [3.05, 3.63) is 71.0 Å². The van der Waals surface area contributed by atoms with Crippen LogP contribution in [-0.2, 0) is 22.4 Å². The predicted molar refractivity (Wildman–Crippen MR) is 105 cm³/mol. The Morgan fingerprint density at radius 1 is 1.15 bits per heavy atom. The summed E-state index contributed by atoms with van der Waals surface area (Å²) in [5.41, 5.74) is 1.44. The van der Waals surface area contributed by atoms with Crippen molar-refractivity contribution in [3.63, 3.8) is 0 Å². The standard InChI is InChI=1S/C20H21N3O3S/c1-14(23-12-6-7-13-23)18(24)22-20-21-17(19(25)26-2)16(27-20)11-10-15-8-4-3-5-9-15/h3-9,12-14H,10-11H2,1-2H3,(H,21,22,24). The lowest BCUT2D eigenvalue weighted by atomic mass is 10.1. The minimum Gasteiger partial charge on any atom is -0.464 e. The SMILES string of the molecule is COC(=O)c1nc(NC(=O)C(C)n2cccc2)sc1CCc1ccccc1. The first-order chi connectivity index (χ1) is 13.1. The third-order valence-corrected chi connectivity index (χ3v) is 5.27. The number of ether oxygens (including phenoxy) is 1.